The molecule has 2 heteroatoms. The van der Waals surface area contributed by atoms with Gasteiger partial charge in [0.1, 0.15) is 0 Å². The standard InChI is InChI=1S/C29H17NO/c31-28-7-3-6-19-14-23-21(15-24(19)28)8-10-22-26(23)16-30-27-11-9-20-12-17-4-1-2-5-18(17)13-25(20)29(22)27/h1-6,8-16H,7H2. The van der Waals surface area contributed by atoms with Crippen LogP contribution < -0.4 is 0 Å². The maximum atomic E-state index is 12.4. The molecule has 5 aromatic carbocycles. The third kappa shape index (κ3) is 2.33. The maximum absolute atomic E-state index is 12.4. The summed E-state index contributed by atoms with van der Waals surface area (Å²) < 4.78 is 0. The average molecular weight is 395 g/mol. The van der Waals surface area contributed by atoms with Gasteiger partial charge >= 0.3 is 0 Å². The fourth-order valence-corrected chi connectivity index (χ4v) is 5.08. The van der Waals surface area contributed by atoms with Crippen LogP contribution in [0, 0.1) is 0 Å². The van der Waals surface area contributed by atoms with Crippen molar-refractivity contribution in [3.63, 3.8) is 0 Å². The van der Waals surface area contributed by atoms with Gasteiger partial charge in [-0.1, -0.05) is 54.6 Å². The molecule has 0 saturated carbocycles. The van der Waals surface area contributed by atoms with E-state index in [4.69, 9.17) is 4.98 Å². The number of carbonyl (C=O) groups excluding carboxylic acids is 1. The van der Waals surface area contributed by atoms with Crippen LogP contribution in [0.2, 0.25) is 0 Å². The molecule has 0 spiro atoms. The molecule has 0 bridgehead atoms. The summed E-state index contributed by atoms with van der Waals surface area (Å²) in [6.45, 7) is 0. The Labute approximate surface area is 178 Å². The van der Waals surface area contributed by atoms with Crippen molar-refractivity contribution in [2.24, 2.45) is 0 Å². The van der Waals surface area contributed by atoms with Crippen molar-refractivity contribution >= 4 is 65.9 Å². The fraction of sp³-hybridized carbons (Fsp3) is 0.0345. The van der Waals surface area contributed by atoms with E-state index >= 15 is 0 Å². The second-order valence-corrected chi connectivity index (χ2v) is 8.36. The summed E-state index contributed by atoms with van der Waals surface area (Å²) in [5, 5.41) is 10.7. The molecule has 1 aliphatic carbocycles. The van der Waals surface area contributed by atoms with Gasteiger partial charge in [-0.3, -0.25) is 9.78 Å². The highest BCUT2D eigenvalue weighted by molar-refractivity contribution is 6.25. The third-order valence-electron chi connectivity index (χ3n) is 6.60. The Kier molecular flexibility index (Phi) is 3.23. The first-order valence-corrected chi connectivity index (χ1v) is 10.6. The minimum atomic E-state index is 0.189. The van der Waals surface area contributed by atoms with Gasteiger partial charge in [0.05, 0.1) is 5.52 Å². The van der Waals surface area contributed by atoms with Crippen molar-refractivity contribution in [1.29, 1.82) is 0 Å². The number of Topliss-reactive ketones (excluding diaryl/α,β-unsaturated/α-hetero) is 1. The number of hydrogen-bond acceptors (Lipinski definition) is 2. The average Bonchev–Trinajstić information content (AvgIpc) is 2.81. The summed E-state index contributed by atoms with van der Waals surface area (Å²) in [7, 11) is 0. The number of rotatable bonds is 0. The van der Waals surface area contributed by atoms with Gasteiger partial charge in [0, 0.05) is 29.0 Å². The minimum Gasteiger partial charge on any atom is -0.294 e. The molecular formula is C29H17NO. The minimum absolute atomic E-state index is 0.189. The van der Waals surface area contributed by atoms with E-state index in [-0.39, 0.29) is 5.78 Å². The Morgan fingerprint density at radius 3 is 2.39 bits per heavy atom. The van der Waals surface area contributed by atoms with E-state index in [0.717, 1.165) is 32.8 Å². The number of carbonyl (C=O) groups is 1. The highest BCUT2D eigenvalue weighted by atomic mass is 16.1. The molecule has 6 aromatic rings. The lowest BCUT2D eigenvalue weighted by atomic mass is 9.90. The van der Waals surface area contributed by atoms with Gasteiger partial charge in [0.15, 0.2) is 5.78 Å². The molecule has 1 heterocycles. The number of fused-ring (bicyclic) bond motifs is 9. The number of nitrogens with zero attached hydrogens (tertiary/aromatic N) is 1. The van der Waals surface area contributed by atoms with Crippen molar-refractivity contribution in [3.8, 4) is 0 Å². The molecule has 0 unspecified atom stereocenters. The zero-order valence-corrected chi connectivity index (χ0v) is 16.7. The monoisotopic (exact) mass is 395 g/mol. The van der Waals surface area contributed by atoms with Gasteiger partial charge in [0.2, 0.25) is 0 Å². The molecule has 2 nitrogen and oxygen atoms in total. The molecule has 0 radical (unpaired) electrons. The highest BCUT2D eigenvalue weighted by Crippen LogP contribution is 2.37. The molecule has 0 atom stereocenters. The zero-order valence-electron chi connectivity index (χ0n) is 16.7. The fourth-order valence-electron chi connectivity index (χ4n) is 5.08. The third-order valence-corrected chi connectivity index (χ3v) is 6.60. The normalized spacial score (nSPS) is 13.6. The topological polar surface area (TPSA) is 30.0 Å². The summed E-state index contributed by atoms with van der Waals surface area (Å²) in [6, 6.07) is 25.8. The molecule has 1 aliphatic rings. The SMILES string of the molecule is O=C1CC=Cc2cc3c(ccc4c3cnc3ccc5cc6ccccc6cc5c34)cc21. The predicted octanol–water partition coefficient (Wildman–Crippen LogP) is 7.45. The van der Waals surface area contributed by atoms with E-state index in [1.807, 2.05) is 18.3 Å². The van der Waals surface area contributed by atoms with Crippen molar-refractivity contribution in [2.75, 3.05) is 0 Å². The number of pyridine rings is 1. The zero-order chi connectivity index (χ0) is 20.5. The maximum Gasteiger partial charge on any atom is 0.167 e. The second-order valence-electron chi connectivity index (χ2n) is 8.36. The Morgan fingerprint density at radius 2 is 1.48 bits per heavy atom. The molecular weight excluding hydrogens is 378 g/mol. The first kappa shape index (κ1) is 16.7. The van der Waals surface area contributed by atoms with Crippen LogP contribution in [0.3, 0.4) is 0 Å². The number of benzene rings is 5. The Hall–Kier alpha value is -4.04. The van der Waals surface area contributed by atoms with Gasteiger partial charge in [-0.15, -0.1) is 0 Å². The van der Waals surface area contributed by atoms with E-state index in [0.29, 0.717) is 6.42 Å². The number of ketones is 1. The van der Waals surface area contributed by atoms with E-state index in [1.54, 1.807) is 0 Å². The van der Waals surface area contributed by atoms with Crippen molar-refractivity contribution in [1.82, 2.24) is 4.98 Å². The smallest absolute Gasteiger partial charge is 0.167 e. The molecule has 0 aliphatic heterocycles. The highest BCUT2D eigenvalue weighted by Gasteiger charge is 2.16. The quantitative estimate of drug-likeness (QED) is 0.197. The van der Waals surface area contributed by atoms with Crippen LogP contribution in [-0.4, -0.2) is 10.8 Å². The second kappa shape index (κ2) is 5.99. The summed E-state index contributed by atoms with van der Waals surface area (Å²) in [5.41, 5.74) is 2.82. The molecule has 0 N–H and O–H groups in total. The first-order valence-electron chi connectivity index (χ1n) is 10.6. The van der Waals surface area contributed by atoms with Crippen molar-refractivity contribution < 1.29 is 4.79 Å². The molecule has 7 rings (SSSR count). The van der Waals surface area contributed by atoms with Crippen LogP contribution in [0.1, 0.15) is 22.3 Å². The van der Waals surface area contributed by atoms with Gasteiger partial charge in [-0.25, -0.2) is 0 Å². The van der Waals surface area contributed by atoms with Crippen molar-refractivity contribution in [2.45, 2.75) is 6.42 Å². The number of aromatic nitrogens is 1. The van der Waals surface area contributed by atoms with E-state index < -0.39 is 0 Å². The van der Waals surface area contributed by atoms with Gasteiger partial charge in [-0.05, 0) is 73.6 Å². The summed E-state index contributed by atoms with van der Waals surface area (Å²) >= 11 is 0. The molecule has 144 valence electrons. The van der Waals surface area contributed by atoms with Crippen LogP contribution in [0.25, 0.3) is 60.1 Å². The van der Waals surface area contributed by atoms with Gasteiger partial charge in [-0.2, -0.15) is 0 Å². The van der Waals surface area contributed by atoms with Crippen LogP contribution >= 0.6 is 0 Å². The summed E-state index contributed by atoms with van der Waals surface area (Å²) in [6.07, 6.45) is 6.48. The molecule has 0 amide bonds. The predicted molar refractivity (Wildman–Crippen MR) is 130 cm³/mol. The van der Waals surface area contributed by atoms with Crippen LogP contribution in [-0.2, 0) is 0 Å². The largest absolute Gasteiger partial charge is 0.294 e. The number of hydrogen-bond donors (Lipinski definition) is 0. The van der Waals surface area contributed by atoms with Crippen LogP contribution in [0.5, 0.6) is 0 Å². The van der Waals surface area contributed by atoms with Gasteiger partial charge < -0.3 is 0 Å². The molecule has 31 heavy (non-hydrogen) atoms. The summed E-state index contributed by atoms with van der Waals surface area (Å²) in [4.78, 5) is 17.2. The van der Waals surface area contributed by atoms with Crippen LogP contribution in [0.15, 0.2) is 85.1 Å². The van der Waals surface area contributed by atoms with Gasteiger partial charge in [0.25, 0.3) is 0 Å². The Bertz CT molecular complexity index is 1780. The molecule has 0 saturated heterocycles. The molecule has 0 fully saturated rings. The summed E-state index contributed by atoms with van der Waals surface area (Å²) in [5.74, 6) is 0.189. The first-order chi connectivity index (χ1) is 15.3. The van der Waals surface area contributed by atoms with E-state index in [1.165, 1.54) is 32.3 Å². The Balaban J connectivity index is 1.65. The lowest BCUT2D eigenvalue weighted by Gasteiger charge is -2.14. The lowest BCUT2D eigenvalue weighted by molar-refractivity contribution is 0.0994. The Morgan fingerprint density at radius 1 is 0.677 bits per heavy atom. The lowest BCUT2D eigenvalue weighted by Crippen LogP contribution is -2.04. The van der Waals surface area contributed by atoms with E-state index in [9.17, 15) is 4.79 Å². The van der Waals surface area contributed by atoms with Crippen LogP contribution in [0.4, 0.5) is 0 Å². The van der Waals surface area contributed by atoms with Crippen molar-refractivity contribution in [3.05, 3.63) is 96.2 Å². The van der Waals surface area contributed by atoms with E-state index in [2.05, 4.69) is 72.8 Å². The molecule has 1 aromatic heterocycles. The number of allylic oxidation sites excluding steroid dienone is 1.